The molecule has 0 saturated heterocycles. The fourth-order valence-electron chi connectivity index (χ4n) is 3.57. The highest BCUT2D eigenvalue weighted by atomic mass is 35.5. The molecule has 7 heteroatoms. The monoisotopic (exact) mass is 454 g/mol. The summed E-state index contributed by atoms with van der Waals surface area (Å²) in [5.41, 5.74) is 2.88. The van der Waals surface area contributed by atoms with Crippen LogP contribution >= 0.6 is 23.2 Å². The average molecular weight is 455 g/mol. The molecule has 4 aromatic rings. The molecule has 0 radical (unpaired) electrons. The summed E-state index contributed by atoms with van der Waals surface area (Å²) in [6.07, 6.45) is 0. The number of imidazole rings is 1. The molecule has 3 aromatic carbocycles. The predicted molar refractivity (Wildman–Crippen MR) is 121 cm³/mol. The summed E-state index contributed by atoms with van der Waals surface area (Å²) in [6.45, 7) is 3.77. The van der Waals surface area contributed by atoms with Crippen LogP contribution in [-0.2, 0) is 0 Å². The molecule has 0 saturated carbocycles. The topological polar surface area (TPSA) is 55.1 Å². The van der Waals surface area contributed by atoms with Crippen molar-refractivity contribution in [2.75, 3.05) is 0 Å². The van der Waals surface area contributed by atoms with Crippen molar-refractivity contribution in [3.05, 3.63) is 93.3 Å². The molecular formula is C24H17Cl2FN2O2. The zero-order valence-electron chi connectivity index (χ0n) is 16.7. The van der Waals surface area contributed by atoms with Crippen LogP contribution in [0.2, 0.25) is 10.0 Å². The molecule has 1 aromatic heterocycles. The molecule has 0 amide bonds. The van der Waals surface area contributed by atoms with Crippen molar-refractivity contribution in [3.8, 4) is 28.3 Å². The molecule has 0 spiro atoms. The lowest BCUT2D eigenvalue weighted by Crippen LogP contribution is -2.06. The lowest BCUT2D eigenvalue weighted by atomic mass is 10.1. The molecule has 1 heterocycles. The second kappa shape index (κ2) is 8.17. The van der Waals surface area contributed by atoms with E-state index < -0.39 is 11.8 Å². The number of carboxylic acid groups (broad SMARTS) is 1. The molecule has 31 heavy (non-hydrogen) atoms. The summed E-state index contributed by atoms with van der Waals surface area (Å²) >= 11 is 12.3. The van der Waals surface area contributed by atoms with Gasteiger partial charge >= 0.3 is 5.97 Å². The first-order valence-corrected chi connectivity index (χ1v) is 10.2. The van der Waals surface area contributed by atoms with Crippen molar-refractivity contribution in [3.63, 3.8) is 0 Å². The molecule has 156 valence electrons. The first-order valence-electron chi connectivity index (χ1n) is 9.42. The van der Waals surface area contributed by atoms with Crippen molar-refractivity contribution in [2.24, 2.45) is 0 Å². The van der Waals surface area contributed by atoms with Gasteiger partial charge in [0.2, 0.25) is 0 Å². The van der Waals surface area contributed by atoms with Crippen LogP contribution in [0.15, 0.2) is 60.7 Å². The quantitative estimate of drug-likeness (QED) is 0.362. The number of aromatic carboxylic acids is 1. The average Bonchev–Trinajstić information content (AvgIpc) is 3.12. The molecule has 0 aliphatic carbocycles. The molecule has 0 atom stereocenters. The zero-order valence-corrected chi connectivity index (χ0v) is 18.2. The Hall–Kier alpha value is -3.15. The zero-order chi connectivity index (χ0) is 22.3. The van der Waals surface area contributed by atoms with Gasteiger partial charge in [0.25, 0.3) is 0 Å². The van der Waals surface area contributed by atoms with Gasteiger partial charge in [0.1, 0.15) is 5.82 Å². The van der Waals surface area contributed by atoms with Crippen LogP contribution < -0.4 is 0 Å². The number of hydrogen-bond acceptors (Lipinski definition) is 2. The third-order valence-electron chi connectivity index (χ3n) is 5.08. The molecular weight excluding hydrogens is 438 g/mol. The van der Waals surface area contributed by atoms with Crippen LogP contribution in [0.3, 0.4) is 0 Å². The number of nitrogens with zero attached hydrogens (tertiary/aromatic N) is 2. The van der Waals surface area contributed by atoms with Crippen LogP contribution in [0.1, 0.15) is 21.6 Å². The van der Waals surface area contributed by atoms with E-state index in [1.807, 2.05) is 44.2 Å². The third-order valence-corrected chi connectivity index (χ3v) is 5.61. The molecule has 0 bridgehead atoms. The fourth-order valence-corrected chi connectivity index (χ4v) is 3.91. The van der Waals surface area contributed by atoms with Gasteiger partial charge in [-0.2, -0.15) is 0 Å². The maximum atomic E-state index is 15.1. The highest BCUT2D eigenvalue weighted by Gasteiger charge is 2.28. The Balaban J connectivity index is 2.21. The van der Waals surface area contributed by atoms with Gasteiger partial charge in [-0.05, 0) is 49.2 Å². The lowest BCUT2D eigenvalue weighted by Gasteiger charge is -2.17. The van der Waals surface area contributed by atoms with E-state index in [1.54, 1.807) is 22.8 Å². The Labute approximate surface area is 188 Å². The SMILES string of the molecule is Cc1ccccc1-c1nc(C(=O)O)c(-c2cccc(Cl)c2F)n1-c1cc(Cl)ccc1C. The van der Waals surface area contributed by atoms with Gasteiger partial charge in [0.15, 0.2) is 11.5 Å². The highest BCUT2D eigenvalue weighted by Crippen LogP contribution is 2.38. The molecule has 1 N–H and O–H groups in total. The van der Waals surface area contributed by atoms with Crippen LogP contribution in [-0.4, -0.2) is 20.6 Å². The highest BCUT2D eigenvalue weighted by molar-refractivity contribution is 6.31. The summed E-state index contributed by atoms with van der Waals surface area (Å²) < 4.78 is 16.7. The van der Waals surface area contributed by atoms with E-state index in [2.05, 4.69) is 4.98 Å². The van der Waals surface area contributed by atoms with Gasteiger partial charge in [-0.15, -0.1) is 0 Å². The van der Waals surface area contributed by atoms with E-state index in [0.29, 0.717) is 16.5 Å². The number of benzene rings is 3. The van der Waals surface area contributed by atoms with E-state index in [-0.39, 0.29) is 22.0 Å². The standard InChI is InChI=1S/C24H17Cl2FN2O2/c1-13-6-3-4-7-16(13)23-28-21(24(30)31)22(17-8-5-9-18(26)20(17)27)29(23)19-12-15(25)11-10-14(19)2/h3-12H,1-2H3,(H,30,31). The molecule has 0 unspecified atom stereocenters. The van der Waals surface area contributed by atoms with E-state index in [1.165, 1.54) is 12.1 Å². The number of carboxylic acids is 1. The minimum atomic E-state index is -1.28. The number of carbonyl (C=O) groups is 1. The number of aryl methyl sites for hydroxylation is 2. The van der Waals surface area contributed by atoms with E-state index in [9.17, 15) is 9.90 Å². The first-order chi connectivity index (χ1) is 14.8. The van der Waals surface area contributed by atoms with Crippen molar-refractivity contribution in [1.82, 2.24) is 9.55 Å². The van der Waals surface area contributed by atoms with Gasteiger partial charge in [0.05, 0.1) is 16.4 Å². The van der Waals surface area contributed by atoms with Crippen molar-refractivity contribution < 1.29 is 14.3 Å². The molecule has 4 rings (SSSR count). The van der Waals surface area contributed by atoms with Gasteiger partial charge in [-0.3, -0.25) is 4.57 Å². The maximum absolute atomic E-state index is 15.1. The summed E-state index contributed by atoms with van der Waals surface area (Å²) in [5.74, 6) is -1.62. The summed E-state index contributed by atoms with van der Waals surface area (Å²) in [6, 6.07) is 17.2. The second-order valence-corrected chi connectivity index (χ2v) is 7.96. The van der Waals surface area contributed by atoms with E-state index >= 15 is 4.39 Å². The van der Waals surface area contributed by atoms with E-state index in [4.69, 9.17) is 23.2 Å². The fraction of sp³-hybridized carbons (Fsp3) is 0.0833. The van der Waals surface area contributed by atoms with Gasteiger partial charge in [-0.25, -0.2) is 14.2 Å². The largest absolute Gasteiger partial charge is 0.476 e. The van der Waals surface area contributed by atoms with Gasteiger partial charge in [-0.1, -0.05) is 59.6 Å². The Morgan fingerprint density at radius 2 is 1.68 bits per heavy atom. The number of halogens is 3. The minimum Gasteiger partial charge on any atom is -0.476 e. The third kappa shape index (κ3) is 3.71. The van der Waals surface area contributed by atoms with E-state index in [0.717, 1.165) is 16.7 Å². The Kier molecular flexibility index (Phi) is 5.56. The number of rotatable bonds is 4. The summed E-state index contributed by atoms with van der Waals surface area (Å²) in [5, 5.41) is 10.3. The van der Waals surface area contributed by atoms with Crippen LogP contribution in [0, 0.1) is 19.7 Å². The lowest BCUT2D eigenvalue weighted by molar-refractivity contribution is 0.0692. The van der Waals surface area contributed by atoms with Crippen molar-refractivity contribution in [2.45, 2.75) is 13.8 Å². The molecule has 0 aliphatic heterocycles. The van der Waals surface area contributed by atoms with Crippen molar-refractivity contribution in [1.29, 1.82) is 0 Å². The number of hydrogen-bond donors (Lipinski definition) is 1. The van der Waals surface area contributed by atoms with Crippen LogP contribution in [0.5, 0.6) is 0 Å². The normalized spacial score (nSPS) is 11.0. The van der Waals surface area contributed by atoms with Crippen LogP contribution in [0.25, 0.3) is 28.3 Å². The van der Waals surface area contributed by atoms with Crippen molar-refractivity contribution >= 4 is 29.2 Å². The van der Waals surface area contributed by atoms with Gasteiger partial charge in [0, 0.05) is 16.1 Å². The maximum Gasteiger partial charge on any atom is 0.356 e. The Morgan fingerprint density at radius 1 is 0.968 bits per heavy atom. The molecule has 0 fully saturated rings. The molecule has 0 aliphatic rings. The Morgan fingerprint density at radius 3 is 2.39 bits per heavy atom. The summed E-state index contributed by atoms with van der Waals surface area (Å²) in [7, 11) is 0. The van der Waals surface area contributed by atoms with Crippen LogP contribution in [0.4, 0.5) is 4.39 Å². The molecule has 4 nitrogen and oxygen atoms in total. The Bertz CT molecular complexity index is 1330. The second-order valence-electron chi connectivity index (χ2n) is 7.12. The minimum absolute atomic E-state index is 0.0385. The summed E-state index contributed by atoms with van der Waals surface area (Å²) in [4.78, 5) is 16.6. The number of aromatic nitrogens is 2. The predicted octanol–water partition coefficient (Wildman–Crippen LogP) is 6.97. The van der Waals surface area contributed by atoms with Gasteiger partial charge < -0.3 is 5.11 Å². The first kappa shape index (κ1) is 21.1. The smallest absolute Gasteiger partial charge is 0.356 e.